The van der Waals surface area contributed by atoms with Crippen LogP contribution in [0.2, 0.25) is 0 Å². The number of benzene rings is 2. The minimum atomic E-state index is -0.412. The summed E-state index contributed by atoms with van der Waals surface area (Å²) in [6.07, 6.45) is 1.93. The van der Waals surface area contributed by atoms with E-state index in [1.165, 1.54) is 17.0 Å². The van der Waals surface area contributed by atoms with Crippen molar-refractivity contribution in [1.29, 1.82) is 0 Å². The first-order valence-electron chi connectivity index (χ1n) is 10.8. The molecule has 0 N–H and O–H groups in total. The van der Waals surface area contributed by atoms with Crippen molar-refractivity contribution in [3.63, 3.8) is 0 Å². The van der Waals surface area contributed by atoms with Gasteiger partial charge >= 0.3 is 0 Å². The lowest BCUT2D eigenvalue weighted by molar-refractivity contribution is -0.120. The van der Waals surface area contributed by atoms with Crippen molar-refractivity contribution < 1.29 is 18.7 Å². The third-order valence-corrected chi connectivity index (χ3v) is 5.63. The van der Waals surface area contributed by atoms with E-state index in [-0.39, 0.29) is 17.8 Å². The van der Waals surface area contributed by atoms with Crippen molar-refractivity contribution in [3.8, 4) is 5.75 Å². The maximum atomic E-state index is 13.7. The van der Waals surface area contributed by atoms with E-state index in [1.54, 1.807) is 30.3 Å². The van der Waals surface area contributed by atoms with Crippen molar-refractivity contribution in [2.24, 2.45) is 5.92 Å². The molecular weight excluding hydrogens is 395 g/mol. The summed E-state index contributed by atoms with van der Waals surface area (Å²) in [5, 5.41) is 0. The van der Waals surface area contributed by atoms with Gasteiger partial charge in [0.2, 0.25) is 0 Å². The molecule has 2 aliphatic heterocycles. The molecule has 1 fully saturated rings. The van der Waals surface area contributed by atoms with E-state index < -0.39 is 5.91 Å². The predicted octanol–water partition coefficient (Wildman–Crippen LogP) is 4.63. The van der Waals surface area contributed by atoms with Gasteiger partial charge in [0.15, 0.2) is 0 Å². The molecule has 6 heteroatoms. The van der Waals surface area contributed by atoms with Gasteiger partial charge in [0.1, 0.15) is 17.3 Å². The number of imide groups is 1. The summed E-state index contributed by atoms with van der Waals surface area (Å²) in [5.41, 5.74) is 1.67. The van der Waals surface area contributed by atoms with Crippen LogP contribution in [-0.4, -0.2) is 35.9 Å². The van der Waals surface area contributed by atoms with E-state index in [1.807, 2.05) is 24.8 Å². The molecule has 2 aromatic rings. The van der Waals surface area contributed by atoms with Gasteiger partial charge in [-0.3, -0.25) is 9.59 Å². The highest BCUT2D eigenvalue weighted by atomic mass is 19.1. The first-order valence-corrected chi connectivity index (χ1v) is 10.8. The van der Waals surface area contributed by atoms with Crippen LogP contribution in [0, 0.1) is 11.7 Å². The number of nitrogens with zero attached hydrogens (tertiary/aromatic N) is 2. The van der Waals surface area contributed by atoms with Gasteiger partial charge < -0.3 is 9.64 Å². The van der Waals surface area contributed by atoms with Crippen LogP contribution in [0.3, 0.4) is 0 Å². The van der Waals surface area contributed by atoms with Crippen molar-refractivity contribution in [2.75, 3.05) is 18.0 Å². The molecule has 0 aromatic heterocycles. The second-order valence-electron chi connectivity index (χ2n) is 8.50. The van der Waals surface area contributed by atoms with Crippen LogP contribution in [0.5, 0.6) is 5.75 Å². The molecule has 0 saturated carbocycles. The molecule has 162 valence electrons. The number of amides is 2. The van der Waals surface area contributed by atoms with Gasteiger partial charge in [0, 0.05) is 13.1 Å². The minimum Gasteiger partial charge on any atom is -0.489 e. The average molecular weight is 423 g/mol. The molecular formula is C25H27FN2O3. The van der Waals surface area contributed by atoms with Crippen molar-refractivity contribution >= 4 is 23.1 Å². The Labute approximate surface area is 182 Å². The molecule has 2 aliphatic rings. The highest BCUT2D eigenvalue weighted by molar-refractivity contribution is 6.45. The lowest BCUT2D eigenvalue weighted by atomic mass is 9.98. The van der Waals surface area contributed by atoms with Crippen LogP contribution < -0.4 is 9.64 Å². The Kier molecular flexibility index (Phi) is 5.81. The number of carbonyl (C=O) groups excluding carboxylic acids is 2. The monoisotopic (exact) mass is 422 g/mol. The molecule has 4 rings (SSSR count). The number of anilines is 1. The standard InChI is InChI=1S/C25H27FN2O3/c1-16(2)31-21-9-5-4-8-20(21)28-24(29)22(18-10-12-19(26)13-11-18)23(25(28)30)27-14-6-7-17(3)15-27/h4-5,8-13,16-17H,6-7,14-15H2,1-3H3. The van der Waals surface area contributed by atoms with E-state index in [0.29, 0.717) is 47.3 Å². The Morgan fingerprint density at radius 3 is 2.42 bits per heavy atom. The molecule has 1 saturated heterocycles. The van der Waals surface area contributed by atoms with E-state index in [4.69, 9.17) is 4.74 Å². The average Bonchev–Trinajstić information content (AvgIpc) is 2.99. The first-order chi connectivity index (χ1) is 14.9. The summed E-state index contributed by atoms with van der Waals surface area (Å²) in [6.45, 7) is 7.35. The molecule has 0 aliphatic carbocycles. The molecule has 2 amide bonds. The summed E-state index contributed by atoms with van der Waals surface area (Å²) in [5.74, 6) is -0.264. The topological polar surface area (TPSA) is 49.9 Å². The first kappa shape index (κ1) is 21.1. The Hall–Kier alpha value is -3.15. The number of carbonyl (C=O) groups is 2. The Morgan fingerprint density at radius 2 is 1.74 bits per heavy atom. The van der Waals surface area contributed by atoms with Crippen molar-refractivity contribution in [1.82, 2.24) is 4.90 Å². The lowest BCUT2D eigenvalue weighted by Gasteiger charge is -2.33. The lowest BCUT2D eigenvalue weighted by Crippen LogP contribution is -2.39. The largest absolute Gasteiger partial charge is 0.489 e. The fourth-order valence-corrected chi connectivity index (χ4v) is 4.30. The summed E-state index contributed by atoms with van der Waals surface area (Å²) in [6, 6.07) is 12.8. The Balaban J connectivity index is 1.82. The predicted molar refractivity (Wildman–Crippen MR) is 118 cm³/mol. The highest BCUT2D eigenvalue weighted by Gasteiger charge is 2.44. The SMILES string of the molecule is CC1CCCN(C2=C(c3ccc(F)cc3)C(=O)N(c3ccccc3OC(C)C)C2=O)C1. The van der Waals surface area contributed by atoms with Gasteiger partial charge in [-0.2, -0.15) is 0 Å². The van der Waals surface area contributed by atoms with E-state index in [9.17, 15) is 14.0 Å². The minimum absolute atomic E-state index is 0.110. The van der Waals surface area contributed by atoms with Gasteiger partial charge in [-0.1, -0.05) is 31.2 Å². The second kappa shape index (κ2) is 8.53. The summed E-state index contributed by atoms with van der Waals surface area (Å²) >= 11 is 0. The van der Waals surface area contributed by atoms with Crippen molar-refractivity contribution in [3.05, 3.63) is 65.6 Å². The number of ether oxygens (including phenoxy) is 1. The number of hydrogen-bond acceptors (Lipinski definition) is 4. The van der Waals surface area contributed by atoms with Crippen LogP contribution in [-0.2, 0) is 9.59 Å². The van der Waals surface area contributed by atoms with E-state index in [0.717, 1.165) is 12.8 Å². The van der Waals surface area contributed by atoms with Gasteiger partial charge in [-0.25, -0.2) is 9.29 Å². The van der Waals surface area contributed by atoms with Gasteiger partial charge in [0.25, 0.3) is 11.8 Å². The van der Waals surface area contributed by atoms with E-state index >= 15 is 0 Å². The number of rotatable bonds is 5. The normalized spacial score (nSPS) is 19.6. The number of piperidine rings is 1. The zero-order chi connectivity index (χ0) is 22.1. The smallest absolute Gasteiger partial charge is 0.282 e. The van der Waals surface area contributed by atoms with Crippen LogP contribution in [0.1, 0.15) is 39.2 Å². The maximum absolute atomic E-state index is 13.7. The summed E-state index contributed by atoms with van der Waals surface area (Å²) in [4.78, 5) is 30.5. The quantitative estimate of drug-likeness (QED) is 0.660. The van der Waals surface area contributed by atoms with Crippen molar-refractivity contribution in [2.45, 2.75) is 39.7 Å². The van der Waals surface area contributed by atoms with E-state index in [2.05, 4.69) is 6.92 Å². The molecule has 1 unspecified atom stereocenters. The van der Waals surface area contributed by atoms with Gasteiger partial charge in [-0.15, -0.1) is 0 Å². The molecule has 1 atom stereocenters. The summed E-state index contributed by atoms with van der Waals surface area (Å²) in [7, 11) is 0. The molecule has 0 bridgehead atoms. The maximum Gasteiger partial charge on any atom is 0.282 e. The number of likely N-dealkylation sites (tertiary alicyclic amines) is 1. The van der Waals surface area contributed by atoms with Crippen LogP contribution in [0.25, 0.3) is 5.57 Å². The van der Waals surface area contributed by atoms with Crippen LogP contribution in [0.15, 0.2) is 54.2 Å². The Bertz CT molecular complexity index is 1030. The van der Waals surface area contributed by atoms with Gasteiger partial charge in [-0.05, 0) is 62.4 Å². The second-order valence-corrected chi connectivity index (χ2v) is 8.50. The molecule has 5 nitrogen and oxygen atoms in total. The Morgan fingerprint density at radius 1 is 1.03 bits per heavy atom. The third-order valence-electron chi connectivity index (χ3n) is 5.63. The zero-order valence-corrected chi connectivity index (χ0v) is 18.1. The zero-order valence-electron chi connectivity index (χ0n) is 18.1. The number of para-hydroxylation sites is 2. The number of halogens is 1. The fraction of sp³-hybridized carbons (Fsp3) is 0.360. The molecule has 2 aromatic carbocycles. The molecule has 0 radical (unpaired) electrons. The molecule has 31 heavy (non-hydrogen) atoms. The molecule has 2 heterocycles. The third kappa shape index (κ3) is 4.07. The van der Waals surface area contributed by atoms with Crippen LogP contribution >= 0.6 is 0 Å². The highest BCUT2D eigenvalue weighted by Crippen LogP contribution is 2.39. The van der Waals surface area contributed by atoms with Gasteiger partial charge in [0.05, 0.1) is 17.4 Å². The molecule has 0 spiro atoms. The number of hydrogen-bond donors (Lipinski definition) is 0. The fourth-order valence-electron chi connectivity index (χ4n) is 4.30. The summed E-state index contributed by atoms with van der Waals surface area (Å²) < 4.78 is 19.4. The van der Waals surface area contributed by atoms with Crippen LogP contribution in [0.4, 0.5) is 10.1 Å².